The highest BCUT2D eigenvalue weighted by Gasteiger charge is 2.09. The van der Waals surface area contributed by atoms with Gasteiger partial charge in [-0.1, -0.05) is 17.7 Å². The number of hydrogen-bond acceptors (Lipinski definition) is 2. The Kier molecular flexibility index (Phi) is 3.82. The van der Waals surface area contributed by atoms with Gasteiger partial charge < -0.3 is 5.73 Å². The summed E-state index contributed by atoms with van der Waals surface area (Å²) in [7, 11) is 0. The molecule has 2 rings (SSSR count). The second kappa shape index (κ2) is 5.36. The summed E-state index contributed by atoms with van der Waals surface area (Å²) in [5.74, 6) is 0. The molecule has 0 atom stereocenters. The molecule has 0 radical (unpaired) electrons. The van der Waals surface area contributed by atoms with Gasteiger partial charge >= 0.3 is 0 Å². The molecular weight excluding hydrogens is 222 g/mol. The van der Waals surface area contributed by atoms with Crippen molar-refractivity contribution >= 4 is 0 Å². The van der Waals surface area contributed by atoms with E-state index < -0.39 is 0 Å². The molecule has 1 heterocycles. The summed E-state index contributed by atoms with van der Waals surface area (Å²) < 4.78 is 2.03. The predicted octanol–water partition coefficient (Wildman–Crippen LogP) is 2.69. The minimum atomic E-state index is 0.730. The lowest BCUT2D eigenvalue weighted by atomic mass is 10.1. The van der Waals surface area contributed by atoms with Crippen LogP contribution >= 0.6 is 0 Å². The van der Waals surface area contributed by atoms with Crippen molar-refractivity contribution in [2.75, 3.05) is 6.54 Å². The van der Waals surface area contributed by atoms with E-state index in [2.05, 4.69) is 44.1 Å². The molecule has 1 aromatic heterocycles. The van der Waals surface area contributed by atoms with Crippen LogP contribution < -0.4 is 5.73 Å². The lowest BCUT2D eigenvalue weighted by molar-refractivity contribution is 0.813. The zero-order valence-electron chi connectivity index (χ0n) is 11.4. The average Bonchev–Trinajstić information content (AvgIpc) is 2.68. The molecule has 0 aliphatic rings. The minimum absolute atomic E-state index is 0.730. The van der Waals surface area contributed by atoms with E-state index in [9.17, 15) is 0 Å². The van der Waals surface area contributed by atoms with Crippen molar-refractivity contribution in [3.05, 3.63) is 46.8 Å². The van der Waals surface area contributed by atoms with E-state index in [1.165, 1.54) is 22.4 Å². The molecule has 2 aromatic rings. The zero-order chi connectivity index (χ0) is 13.1. The standard InChI is InChI=1S/C15H21N3/c1-11-6-7-15(12(2)9-11)18-13(3)14(10-17-18)5-4-8-16/h6-7,9-10H,4-5,8,16H2,1-3H3. The van der Waals surface area contributed by atoms with Gasteiger partial charge in [0.25, 0.3) is 0 Å². The molecule has 0 saturated heterocycles. The summed E-state index contributed by atoms with van der Waals surface area (Å²) in [6.45, 7) is 7.09. The van der Waals surface area contributed by atoms with Crippen molar-refractivity contribution in [3.8, 4) is 5.69 Å². The first-order valence-electron chi connectivity index (χ1n) is 6.44. The van der Waals surface area contributed by atoms with E-state index in [1.807, 2.05) is 10.9 Å². The van der Waals surface area contributed by atoms with Crippen LogP contribution in [0.1, 0.15) is 28.8 Å². The molecule has 2 N–H and O–H groups in total. The Morgan fingerprint density at radius 1 is 1.22 bits per heavy atom. The van der Waals surface area contributed by atoms with Gasteiger partial charge in [-0.25, -0.2) is 4.68 Å². The molecule has 3 heteroatoms. The van der Waals surface area contributed by atoms with Crippen LogP contribution in [-0.2, 0) is 6.42 Å². The third kappa shape index (κ3) is 2.46. The maximum Gasteiger partial charge on any atom is 0.0678 e. The fourth-order valence-corrected chi connectivity index (χ4v) is 2.27. The third-order valence-corrected chi connectivity index (χ3v) is 3.34. The fraction of sp³-hybridized carbons (Fsp3) is 0.400. The Morgan fingerprint density at radius 2 is 2.00 bits per heavy atom. The second-order valence-corrected chi connectivity index (χ2v) is 4.85. The number of rotatable bonds is 4. The number of hydrogen-bond donors (Lipinski definition) is 1. The minimum Gasteiger partial charge on any atom is -0.330 e. The number of benzene rings is 1. The molecule has 18 heavy (non-hydrogen) atoms. The summed E-state index contributed by atoms with van der Waals surface area (Å²) in [5.41, 5.74) is 11.8. The van der Waals surface area contributed by atoms with Crippen LogP contribution in [0.3, 0.4) is 0 Å². The molecule has 0 saturated carbocycles. The monoisotopic (exact) mass is 243 g/mol. The first-order chi connectivity index (χ1) is 8.63. The number of nitrogens with zero attached hydrogens (tertiary/aromatic N) is 2. The molecule has 0 unspecified atom stereocenters. The van der Waals surface area contributed by atoms with E-state index in [0.29, 0.717) is 0 Å². The van der Waals surface area contributed by atoms with E-state index >= 15 is 0 Å². The summed E-state index contributed by atoms with van der Waals surface area (Å²) in [6.07, 6.45) is 3.98. The molecule has 0 bridgehead atoms. The third-order valence-electron chi connectivity index (χ3n) is 3.34. The van der Waals surface area contributed by atoms with Gasteiger partial charge in [0.2, 0.25) is 0 Å². The molecule has 0 aliphatic heterocycles. The summed E-state index contributed by atoms with van der Waals surface area (Å²) in [5, 5.41) is 4.51. The topological polar surface area (TPSA) is 43.8 Å². The SMILES string of the molecule is Cc1ccc(-n2ncc(CCCN)c2C)c(C)c1. The maximum atomic E-state index is 5.56. The van der Waals surface area contributed by atoms with Crippen LogP contribution in [0, 0.1) is 20.8 Å². The van der Waals surface area contributed by atoms with Gasteiger partial charge in [-0.2, -0.15) is 5.10 Å². The second-order valence-electron chi connectivity index (χ2n) is 4.85. The molecular formula is C15H21N3. The Balaban J connectivity index is 2.36. The van der Waals surface area contributed by atoms with Crippen LogP contribution in [0.2, 0.25) is 0 Å². The van der Waals surface area contributed by atoms with Crippen molar-refractivity contribution in [1.29, 1.82) is 0 Å². The Bertz CT molecular complexity index is 541. The number of aromatic nitrogens is 2. The number of aryl methyl sites for hydroxylation is 3. The maximum absolute atomic E-state index is 5.56. The van der Waals surface area contributed by atoms with E-state index in [4.69, 9.17) is 5.73 Å². The molecule has 0 fully saturated rings. The van der Waals surface area contributed by atoms with Crippen molar-refractivity contribution < 1.29 is 0 Å². The van der Waals surface area contributed by atoms with Gasteiger partial charge in [-0.15, -0.1) is 0 Å². The quantitative estimate of drug-likeness (QED) is 0.897. The first kappa shape index (κ1) is 12.8. The van der Waals surface area contributed by atoms with Crippen molar-refractivity contribution in [2.45, 2.75) is 33.6 Å². The molecule has 0 aliphatic carbocycles. The largest absolute Gasteiger partial charge is 0.330 e. The summed E-state index contributed by atoms with van der Waals surface area (Å²) in [4.78, 5) is 0. The van der Waals surface area contributed by atoms with Gasteiger partial charge in [-0.3, -0.25) is 0 Å². The zero-order valence-corrected chi connectivity index (χ0v) is 11.4. The molecule has 1 aromatic carbocycles. The van der Waals surface area contributed by atoms with Crippen LogP contribution in [0.4, 0.5) is 0 Å². The average molecular weight is 243 g/mol. The fourth-order valence-electron chi connectivity index (χ4n) is 2.27. The van der Waals surface area contributed by atoms with Gasteiger partial charge in [0, 0.05) is 5.69 Å². The van der Waals surface area contributed by atoms with E-state index in [0.717, 1.165) is 25.1 Å². The summed E-state index contributed by atoms with van der Waals surface area (Å²) >= 11 is 0. The highest BCUT2D eigenvalue weighted by atomic mass is 15.3. The molecule has 3 nitrogen and oxygen atoms in total. The van der Waals surface area contributed by atoms with Gasteiger partial charge in [0.05, 0.1) is 11.9 Å². The van der Waals surface area contributed by atoms with Gasteiger partial charge in [-0.05, 0) is 57.4 Å². The van der Waals surface area contributed by atoms with Crippen LogP contribution in [0.5, 0.6) is 0 Å². The Labute approximate surface area is 109 Å². The van der Waals surface area contributed by atoms with Crippen molar-refractivity contribution in [2.24, 2.45) is 5.73 Å². The van der Waals surface area contributed by atoms with E-state index in [1.54, 1.807) is 0 Å². The molecule has 96 valence electrons. The predicted molar refractivity (Wildman–Crippen MR) is 75.2 cm³/mol. The van der Waals surface area contributed by atoms with Gasteiger partial charge in [0.15, 0.2) is 0 Å². The van der Waals surface area contributed by atoms with Crippen LogP contribution in [-0.4, -0.2) is 16.3 Å². The molecule has 0 spiro atoms. The lowest BCUT2D eigenvalue weighted by Gasteiger charge is -2.09. The number of nitrogens with two attached hydrogens (primary N) is 1. The van der Waals surface area contributed by atoms with Crippen molar-refractivity contribution in [3.63, 3.8) is 0 Å². The highest BCUT2D eigenvalue weighted by Crippen LogP contribution is 2.19. The summed E-state index contributed by atoms with van der Waals surface area (Å²) in [6, 6.07) is 6.45. The Morgan fingerprint density at radius 3 is 2.67 bits per heavy atom. The highest BCUT2D eigenvalue weighted by molar-refractivity contribution is 5.43. The van der Waals surface area contributed by atoms with Gasteiger partial charge in [0.1, 0.15) is 0 Å². The Hall–Kier alpha value is -1.61. The smallest absolute Gasteiger partial charge is 0.0678 e. The first-order valence-corrected chi connectivity index (χ1v) is 6.44. The van der Waals surface area contributed by atoms with Crippen LogP contribution in [0.25, 0.3) is 5.69 Å². The lowest BCUT2D eigenvalue weighted by Crippen LogP contribution is -2.03. The van der Waals surface area contributed by atoms with E-state index in [-0.39, 0.29) is 0 Å². The normalized spacial score (nSPS) is 10.9. The molecule has 0 amide bonds. The van der Waals surface area contributed by atoms with Crippen LogP contribution in [0.15, 0.2) is 24.4 Å². The van der Waals surface area contributed by atoms with Crippen molar-refractivity contribution in [1.82, 2.24) is 9.78 Å².